The van der Waals surface area contributed by atoms with E-state index in [0.29, 0.717) is 6.54 Å². The fourth-order valence-corrected chi connectivity index (χ4v) is 3.04. The fourth-order valence-electron chi connectivity index (χ4n) is 2.49. The SMILES string of the molecule is CSc1ccccc1NC(=O)C(C)N1CCCC(O)C1. The second-order valence-electron chi connectivity index (χ2n) is 5.16. The van der Waals surface area contributed by atoms with Crippen LogP contribution >= 0.6 is 11.8 Å². The zero-order chi connectivity index (χ0) is 14.5. The van der Waals surface area contributed by atoms with Gasteiger partial charge < -0.3 is 10.4 Å². The van der Waals surface area contributed by atoms with Gasteiger partial charge in [-0.05, 0) is 44.7 Å². The first-order chi connectivity index (χ1) is 9.61. The second-order valence-corrected chi connectivity index (χ2v) is 6.00. The summed E-state index contributed by atoms with van der Waals surface area (Å²) >= 11 is 1.62. The molecule has 1 amide bonds. The van der Waals surface area contributed by atoms with Gasteiger partial charge in [-0.3, -0.25) is 9.69 Å². The number of hydrogen-bond acceptors (Lipinski definition) is 4. The first-order valence-electron chi connectivity index (χ1n) is 6.98. The lowest BCUT2D eigenvalue weighted by Crippen LogP contribution is -2.48. The van der Waals surface area contributed by atoms with Crippen LogP contribution in [0.2, 0.25) is 0 Å². The van der Waals surface area contributed by atoms with Crippen LogP contribution in [0.1, 0.15) is 19.8 Å². The topological polar surface area (TPSA) is 52.6 Å². The Morgan fingerprint density at radius 1 is 1.50 bits per heavy atom. The highest BCUT2D eigenvalue weighted by Gasteiger charge is 2.26. The van der Waals surface area contributed by atoms with Crippen LogP contribution in [-0.2, 0) is 4.79 Å². The molecule has 0 spiro atoms. The first-order valence-corrected chi connectivity index (χ1v) is 8.20. The van der Waals surface area contributed by atoms with E-state index in [2.05, 4.69) is 5.32 Å². The predicted octanol–water partition coefficient (Wildman–Crippen LogP) is 2.19. The minimum absolute atomic E-state index is 0.0133. The summed E-state index contributed by atoms with van der Waals surface area (Å²) in [6.45, 7) is 3.35. The number of aliphatic hydroxyl groups is 1. The monoisotopic (exact) mass is 294 g/mol. The number of carbonyl (C=O) groups is 1. The third kappa shape index (κ3) is 3.75. The number of para-hydroxylation sites is 1. The van der Waals surface area contributed by atoms with Crippen molar-refractivity contribution in [2.24, 2.45) is 0 Å². The summed E-state index contributed by atoms with van der Waals surface area (Å²) in [6, 6.07) is 7.58. The molecule has 1 aromatic carbocycles. The summed E-state index contributed by atoms with van der Waals surface area (Å²) < 4.78 is 0. The molecule has 5 heteroatoms. The van der Waals surface area contributed by atoms with E-state index < -0.39 is 0 Å². The summed E-state index contributed by atoms with van der Waals surface area (Å²) in [4.78, 5) is 15.5. The van der Waals surface area contributed by atoms with E-state index in [-0.39, 0.29) is 18.1 Å². The Bertz CT molecular complexity index is 467. The van der Waals surface area contributed by atoms with Gasteiger partial charge in [0, 0.05) is 11.4 Å². The molecule has 4 nitrogen and oxygen atoms in total. The van der Waals surface area contributed by atoms with E-state index in [1.807, 2.05) is 42.3 Å². The molecule has 0 aromatic heterocycles. The number of rotatable bonds is 4. The van der Waals surface area contributed by atoms with Crippen molar-refractivity contribution >= 4 is 23.4 Å². The van der Waals surface area contributed by atoms with Gasteiger partial charge in [0.05, 0.1) is 17.8 Å². The minimum Gasteiger partial charge on any atom is -0.392 e. The highest BCUT2D eigenvalue weighted by Crippen LogP contribution is 2.25. The predicted molar refractivity (Wildman–Crippen MR) is 83.1 cm³/mol. The first kappa shape index (κ1) is 15.4. The molecule has 1 saturated heterocycles. The lowest BCUT2D eigenvalue weighted by Gasteiger charge is -2.34. The van der Waals surface area contributed by atoms with Gasteiger partial charge in [-0.2, -0.15) is 0 Å². The Morgan fingerprint density at radius 3 is 2.95 bits per heavy atom. The molecule has 20 heavy (non-hydrogen) atoms. The summed E-state index contributed by atoms with van der Waals surface area (Å²) in [6.07, 6.45) is 3.47. The van der Waals surface area contributed by atoms with E-state index in [4.69, 9.17) is 0 Å². The number of nitrogens with one attached hydrogen (secondary N) is 1. The van der Waals surface area contributed by atoms with Gasteiger partial charge in [-0.25, -0.2) is 0 Å². The van der Waals surface area contributed by atoms with Crippen LogP contribution in [0.3, 0.4) is 0 Å². The number of thioether (sulfide) groups is 1. The molecule has 0 radical (unpaired) electrons. The highest BCUT2D eigenvalue weighted by molar-refractivity contribution is 7.98. The Labute approximate surface area is 124 Å². The maximum atomic E-state index is 12.3. The maximum Gasteiger partial charge on any atom is 0.241 e. The van der Waals surface area contributed by atoms with E-state index >= 15 is 0 Å². The molecule has 1 aromatic rings. The van der Waals surface area contributed by atoms with Crippen LogP contribution in [0, 0.1) is 0 Å². The molecule has 110 valence electrons. The van der Waals surface area contributed by atoms with Gasteiger partial charge in [0.2, 0.25) is 5.91 Å². The standard InChI is InChI=1S/C15H22N2O2S/c1-11(17-9-5-6-12(18)10-17)15(19)16-13-7-3-4-8-14(13)20-2/h3-4,7-8,11-12,18H,5-6,9-10H2,1-2H3,(H,16,19). The van der Waals surface area contributed by atoms with Crippen molar-refractivity contribution in [1.82, 2.24) is 4.90 Å². The van der Waals surface area contributed by atoms with Crippen LogP contribution in [0.25, 0.3) is 0 Å². The van der Waals surface area contributed by atoms with Crippen molar-refractivity contribution in [2.45, 2.75) is 36.8 Å². The zero-order valence-electron chi connectivity index (χ0n) is 12.0. The minimum atomic E-state index is -0.308. The largest absolute Gasteiger partial charge is 0.392 e. The summed E-state index contributed by atoms with van der Waals surface area (Å²) in [7, 11) is 0. The molecular formula is C15H22N2O2S. The number of benzene rings is 1. The van der Waals surface area contributed by atoms with Crippen LogP contribution < -0.4 is 5.32 Å². The van der Waals surface area contributed by atoms with Gasteiger partial charge >= 0.3 is 0 Å². The van der Waals surface area contributed by atoms with Crippen molar-refractivity contribution in [2.75, 3.05) is 24.7 Å². The average Bonchev–Trinajstić information content (AvgIpc) is 2.47. The van der Waals surface area contributed by atoms with Crippen molar-refractivity contribution in [1.29, 1.82) is 0 Å². The molecule has 1 aliphatic heterocycles. The molecule has 0 saturated carbocycles. The highest BCUT2D eigenvalue weighted by atomic mass is 32.2. The third-order valence-corrected chi connectivity index (χ3v) is 4.52. The summed E-state index contributed by atoms with van der Waals surface area (Å²) in [5.41, 5.74) is 0.856. The Balaban J connectivity index is 2.00. The molecule has 1 aliphatic rings. The van der Waals surface area contributed by atoms with Gasteiger partial charge in [-0.15, -0.1) is 11.8 Å². The van der Waals surface area contributed by atoms with Gasteiger partial charge in [0.1, 0.15) is 0 Å². The molecule has 2 unspecified atom stereocenters. The number of piperidine rings is 1. The smallest absolute Gasteiger partial charge is 0.241 e. The number of anilines is 1. The number of amides is 1. The molecule has 0 aliphatic carbocycles. The fraction of sp³-hybridized carbons (Fsp3) is 0.533. The molecule has 1 fully saturated rings. The lowest BCUT2D eigenvalue weighted by atomic mass is 10.1. The molecule has 0 bridgehead atoms. The lowest BCUT2D eigenvalue weighted by molar-refractivity contribution is -0.121. The Hall–Kier alpha value is -1.04. The number of hydrogen-bond donors (Lipinski definition) is 2. The van der Waals surface area contributed by atoms with E-state index in [9.17, 15) is 9.90 Å². The number of carbonyl (C=O) groups excluding carboxylic acids is 1. The third-order valence-electron chi connectivity index (χ3n) is 3.72. The summed E-state index contributed by atoms with van der Waals surface area (Å²) in [5, 5.41) is 12.7. The van der Waals surface area contributed by atoms with Crippen molar-refractivity contribution in [3.63, 3.8) is 0 Å². The number of β-amino-alcohol motifs (C(OH)–C–C–N with tert-alkyl or cyclic N) is 1. The molecule has 2 N–H and O–H groups in total. The van der Waals surface area contributed by atoms with Crippen LogP contribution in [0.15, 0.2) is 29.2 Å². The van der Waals surface area contributed by atoms with E-state index in [1.165, 1.54) is 0 Å². The number of likely N-dealkylation sites (tertiary alicyclic amines) is 1. The van der Waals surface area contributed by atoms with Crippen molar-refractivity contribution in [3.8, 4) is 0 Å². The second kappa shape index (κ2) is 7.11. The quantitative estimate of drug-likeness (QED) is 0.836. The van der Waals surface area contributed by atoms with Crippen molar-refractivity contribution in [3.05, 3.63) is 24.3 Å². The van der Waals surface area contributed by atoms with Crippen LogP contribution in [-0.4, -0.2) is 47.4 Å². The zero-order valence-corrected chi connectivity index (χ0v) is 12.8. The van der Waals surface area contributed by atoms with Crippen molar-refractivity contribution < 1.29 is 9.90 Å². The Kier molecular flexibility index (Phi) is 5.46. The molecule has 1 heterocycles. The Morgan fingerprint density at radius 2 is 2.25 bits per heavy atom. The normalized spacial score (nSPS) is 21.4. The molecular weight excluding hydrogens is 272 g/mol. The number of aliphatic hydroxyl groups excluding tert-OH is 1. The number of nitrogens with zero attached hydrogens (tertiary/aromatic N) is 1. The van der Waals surface area contributed by atoms with Crippen LogP contribution in [0.4, 0.5) is 5.69 Å². The average molecular weight is 294 g/mol. The molecule has 2 atom stereocenters. The van der Waals surface area contributed by atoms with Gasteiger partial charge in [0.25, 0.3) is 0 Å². The van der Waals surface area contributed by atoms with E-state index in [1.54, 1.807) is 11.8 Å². The summed E-state index contributed by atoms with van der Waals surface area (Å²) in [5.74, 6) is -0.0133. The molecule has 2 rings (SSSR count). The maximum absolute atomic E-state index is 12.3. The van der Waals surface area contributed by atoms with Crippen LogP contribution in [0.5, 0.6) is 0 Å². The van der Waals surface area contributed by atoms with E-state index in [0.717, 1.165) is 30.0 Å². The van der Waals surface area contributed by atoms with Gasteiger partial charge in [-0.1, -0.05) is 12.1 Å². The van der Waals surface area contributed by atoms with Gasteiger partial charge in [0.15, 0.2) is 0 Å².